The number of sulfone groups is 1. The zero-order chi connectivity index (χ0) is 15.8. The summed E-state index contributed by atoms with van der Waals surface area (Å²) in [6.07, 6.45) is 2.55. The maximum Gasteiger partial charge on any atom is 0.240 e. The Morgan fingerprint density at radius 2 is 1.86 bits per heavy atom. The molecule has 8 heteroatoms. The molecule has 118 valence electrons. The molecule has 1 fully saturated rings. The summed E-state index contributed by atoms with van der Waals surface area (Å²) in [7, 11) is -6.75. The summed E-state index contributed by atoms with van der Waals surface area (Å²) in [5.74, 6) is 0. The second-order valence-corrected chi connectivity index (χ2v) is 9.50. The topological polar surface area (TPSA) is 106 Å². The van der Waals surface area contributed by atoms with Gasteiger partial charge in [-0.3, -0.25) is 0 Å². The fraction of sp³-hybridized carbons (Fsp3) is 0.538. The number of hydrogen-bond acceptors (Lipinski definition) is 5. The van der Waals surface area contributed by atoms with Gasteiger partial charge in [-0.1, -0.05) is 13.0 Å². The molecule has 1 aliphatic carbocycles. The second-order valence-electron chi connectivity index (χ2n) is 5.46. The Morgan fingerprint density at radius 3 is 2.33 bits per heavy atom. The van der Waals surface area contributed by atoms with E-state index in [4.69, 9.17) is 5.73 Å². The molecule has 0 spiro atoms. The van der Waals surface area contributed by atoms with Crippen LogP contribution in [0.25, 0.3) is 0 Å². The number of benzene rings is 1. The molecule has 0 aromatic heterocycles. The third-order valence-corrected chi connectivity index (χ3v) is 6.94. The smallest absolute Gasteiger partial charge is 0.240 e. The minimum absolute atomic E-state index is 0.111. The van der Waals surface area contributed by atoms with Crippen molar-refractivity contribution in [3.63, 3.8) is 0 Å². The van der Waals surface area contributed by atoms with Crippen LogP contribution in [-0.2, 0) is 26.3 Å². The monoisotopic (exact) mass is 332 g/mol. The Hall–Kier alpha value is -1.12. The highest BCUT2D eigenvalue weighted by Gasteiger charge is 2.38. The van der Waals surface area contributed by atoms with Crippen LogP contribution < -0.4 is 10.5 Å². The third-order valence-electron chi connectivity index (χ3n) is 3.83. The highest BCUT2D eigenvalue weighted by molar-refractivity contribution is 7.91. The molecule has 1 aliphatic rings. The summed E-state index contributed by atoms with van der Waals surface area (Å²) in [6, 6.07) is 4.32. The maximum absolute atomic E-state index is 12.2. The average Bonchev–Trinajstić information content (AvgIpc) is 2.31. The summed E-state index contributed by atoms with van der Waals surface area (Å²) in [5, 5.41) is -0.447. The van der Waals surface area contributed by atoms with Crippen molar-refractivity contribution < 1.29 is 16.8 Å². The molecule has 0 aliphatic heterocycles. The molecule has 0 bridgehead atoms. The zero-order valence-electron chi connectivity index (χ0n) is 12.0. The minimum Gasteiger partial charge on any atom is -0.398 e. The van der Waals surface area contributed by atoms with Crippen molar-refractivity contribution in [1.29, 1.82) is 0 Å². The molecule has 1 aromatic carbocycles. The molecular weight excluding hydrogens is 312 g/mol. The van der Waals surface area contributed by atoms with E-state index in [1.807, 2.05) is 6.92 Å². The van der Waals surface area contributed by atoms with Crippen LogP contribution >= 0.6 is 0 Å². The Labute approximate surface area is 125 Å². The average molecular weight is 332 g/mol. The summed E-state index contributed by atoms with van der Waals surface area (Å²) in [5.41, 5.74) is 7.16. The second kappa shape index (κ2) is 5.58. The Balaban J connectivity index is 2.09. The van der Waals surface area contributed by atoms with Crippen molar-refractivity contribution in [2.24, 2.45) is 0 Å². The summed E-state index contributed by atoms with van der Waals surface area (Å²) in [6.45, 7) is 1.94. The molecule has 0 amide bonds. The number of rotatable bonds is 5. The first-order chi connectivity index (χ1) is 9.63. The summed E-state index contributed by atoms with van der Waals surface area (Å²) >= 11 is 0. The van der Waals surface area contributed by atoms with Crippen molar-refractivity contribution in [2.75, 3.05) is 12.0 Å². The van der Waals surface area contributed by atoms with E-state index < -0.39 is 25.1 Å². The predicted octanol–water partition coefficient (Wildman–Crippen LogP) is 0.685. The van der Waals surface area contributed by atoms with E-state index in [1.165, 1.54) is 18.4 Å². The quantitative estimate of drug-likeness (QED) is 0.771. The fourth-order valence-corrected chi connectivity index (χ4v) is 4.82. The van der Waals surface area contributed by atoms with Crippen LogP contribution in [0.15, 0.2) is 23.1 Å². The van der Waals surface area contributed by atoms with Gasteiger partial charge < -0.3 is 5.73 Å². The molecular formula is C13H20N2O4S2. The lowest BCUT2D eigenvalue weighted by molar-refractivity contribution is 0.380. The Bertz CT molecular complexity index is 735. The molecule has 3 N–H and O–H groups in total. The molecule has 1 saturated carbocycles. The van der Waals surface area contributed by atoms with E-state index >= 15 is 0 Å². The summed E-state index contributed by atoms with van der Waals surface area (Å²) < 4.78 is 49.6. The van der Waals surface area contributed by atoms with Gasteiger partial charge in [-0.25, -0.2) is 21.6 Å². The number of sulfonamides is 1. The van der Waals surface area contributed by atoms with Gasteiger partial charge in [0.1, 0.15) is 9.84 Å². The van der Waals surface area contributed by atoms with Gasteiger partial charge in [0.2, 0.25) is 10.0 Å². The predicted molar refractivity (Wildman–Crippen MR) is 82.2 cm³/mol. The van der Waals surface area contributed by atoms with E-state index in [-0.39, 0.29) is 10.9 Å². The van der Waals surface area contributed by atoms with Crippen LogP contribution in [0.5, 0.6) is 0 Å². The van der Waals surface area contributed by atoms with Gasteiger partial charge in [-0.15, -0.1) is 0 Å². The van der Waals surface area contributed by atoms with Crippen molar-refractivity contribution in [2.45, 2.75) is 42.4 Å². The molecule has 0 unspecified atom stereocenters. The molecule has 1 aromatic rings. The number of nitrogen functional groups attached to an aromatic ring is 1. The number of nitrogens with two attached hydrogens (primary N) is 1. The Morgan fingerprint density at radius 1 is 1.24 bits per heavy atom. The van der Waals surface area contributed by atoms with Gasteiger partial charge in [0.05, 0.1) is 10.1 Å². The number of hydrogen-bond donors (Lipinski definition) is 2. The van der Waals surface area contributed by atoms with Crippen LogP contribution in [0, 0.1) is 0 Å². The van der Waals surface area contributed by atoms with Gasteiger partial charge >= 0.3 is 0 Å². The van der Waals surface area contributed by atoms with Crippen LogP contribution in [0.4, 0.5) is 5.69 Å². The SMILES string of the molecule is CCc1ccc(S(=O)(=O)NC2CC(S(C)(=O)=O)C2)cc1N. The van der Waals surface area contributed by atoms with Crippen LogP contribution in [0.2, 0.25) is 0 Å². The zero-order valence-corrected chi connectivity index (χ0v) is 13.7. The van der Waals surface area contributed by atoms with E-state index in [1.54, 1.807) is 6.07 Å². The lowest BCUT2D eigenvalue weighted by Crippen LogP contribution is -2.49. The lowest BCUT2D eigenvalue weighted by atomic mass is 9.93. The number of nitrogens with one attached hydrogen (secondary N) is 1. The molecule has 0 radical (unpaired) electrons. The molecule has 6 nitrogen and oxygen atoms in total. The van der Waals surface area contributed by atoms with E-state index in [2.05, 4.69) is 4.72 Å². The Kier molecular flexibility index (Phi) is 4.32. The van der Waals surface area contributed by atoms with Crippen molar-refractivity contribution in [3.05, 3.63) is 23.8 Å². The van der Waals surface area contributed by atoms with Crippen LogP contribution in [-0.4, -0.2) is 34.4 Å². The molecule has 0 atom stereocenters. The van der Waals surface area contributed by atoms with Gasteiger partial charge in [0.15, 0.2) is 0 Å². The highest BCUT2D eigenvalue weighted by Crippen LogP contribution is 2.28. The first-order valence-corrected chi connectivity index (χ1v) is 10.2. The van der Waals surface area contributed by atoms with Crippen LogP contribution in [0.1, 0.15) is 25.3 Å². The van der Waals surface area contributed by atoms with E-state index in [0.717, 1.165) is 12.0 Å². The molecule has 21 heavy (non-hydrogen) atoms. The van der Waals surface area contributed by atoms with Crippen molar-refractivity contribution in [3.8, 4) is 0 Å². The van der Waals surface area contributed by atoms with Gasteiger partial charge in [-0.05, 0) is 37.0 Å². The van der Waals surface area contributed by atoms with Crippen LogP contribution in [0.3, 0.4) is 0 Å². The third kappa shape index (κ3) is 3.56. The number of anilines is 1. The van der Waals surface area contributed by atoms with Gasteiger partial charge in [0.25, 0.3) is 0 Å². The minimum atomic E-state index is -3.66. The maximum atomic E-state index is 12.2. The first kappa shape index (κ1) is 16.3. The molecule has 2 rings (SSSR count). The summed E-state index contributed by atoms with van der Waals surface area (Å²) in [4.78, 5) is 0.111. The number of aryl methyl sites for hydroxylation is 1. The van der Waals surface area contributed by atoms with E-state index in [0.29, 0.717) is 18.5 Å². The van der Waals surface area contributed by atoms with Gasteiger partial charge in [-0.2, -0.15) is 0 Å². The fourth-order valence-electron chi connectivity index (χ4n) is 2.36. The standard InChI is InChI=1S/C13H20N2O4S2/c1-3-9-4-5-11(8-13(9)14)21(18,19)15-10-6-12(7-10)20(2,16)17/h4-5,8,10,12,15H,3,6-7,14H2,1-2H3. The first-order valence-electron chi connectivity index (χ1n) is 6.73. The highest BCUT2D eigenvalue weighted by atomic mass is 32.2. The van der Waals surface area contributed by atoms with Crippen molar-refractivity contribution >= 4 is 25.5 Å². The normalized spacial score (nSPS) is 22.8. The van der Waals surface area contributed by atoms with Crippen molar-refractivity contribution in [1.82, 2.24) is 4.72 Å². The molecule has 0 saturated heterocycles. The van der Waals surface area contributed by atoms with E-state index in [9.17, 15) is 16.8 Å². The molecule has 0 heterocycles. The van der Waals surface area contributed by atoms with Gasteiger partial charge in [0, 0.05) is 18.0 Å². The largest absolute Gasteiger partial charge is 0.398 e. The lowest BCUT2D eigenvalue weighted by Gasteiger charge is -2.34.